The predicted molar refractivity (Wildman–Crippen MR) is 93.2 cm³/mol. The Morgan fingerprint density at radius 2 is 1.26 bits per heavy atom. The van der Waals surface area contributed by atoms with E-state index in [0.29, 0.717) is 0 Å². The second-order valence-corrected chi connectivity index (χ2v) is 6.53. The predicted octanol–water partition coefficient (Wildman–Crippen LogP) is -5.37. The normalized spacial score (nSPS) is 40.8. The average molecular weight is 491 g/mol. The van der Waals surface area contributed by atoms with Crippen molar-refractivity contribution in [2.75, 3.05) is 13.2 Å². The largest absolute Gasteiger partial charge is 0.471 e. The SMILES string of the molecule is Cl.N[C@H]1C(O)O[C@H](CO)[C@@H](O)[C@@H]1O.O=C(N[C@H]1C(O)O[C@H](CO)[C@@H](O)[C@@H]1O)C(F)(F)F. The standard InChI is InChI=1S/C8H12F3NO6.C6H13NO5.ClH/c9-8(10,11)7(17)12-3-5(15)4(14)2(1-13)18-6(3)16;7-3-5(10)4(9)2(1-8)12-6(3)11;/h2-6,13-16H,1H2,(H,12,17);2-6,8-11H,1,7H2;1H/t2*2-,3-,4-,5-,6?;/m11./s1. The smallest absolute Gasteiger partial charge is 0.394 e. The van der Waals surface area contributed by atoms with E-state index in [1.54, 1.807) is 0 Å². The topological polar surface area (TPSA) is 235 Å². The van der Waals surface area contributed by atoms with Gasteiger partial charge in [-0.1, -0.05) is 0 Å². The number of halogens is 4. The fraction of sp³-hybridized carbons (Fsp3) is 0.929. The molecule has 0 bridgehead atoms. The molecule has 17 heteroatoms. The highest BCUT2D eigenvalue weighted by molar-refractivity contribution is 5.85. The van der Waals surface area contributed by atoms with Crippen LogP contribution in [-0.4, -0.2) is 127 Å². The molecule has 31 heavy (non-hydrogen) atoms. The third-order valence-corrected chi connectivity index (χ3v) is 4.40. The minimum Gasteiger partial charge on any atom is -0.394 e. The van der Waals surface area contributed by atoms with Crippen LogP contribution in [0.5, 0.6) is 0 Å². The lowest BCUT2D eigenvalue weighted by Gasteiger charge is -2.40. The Balaban J connectivity index is 0.000000605. The molecule has 2 unspecified atom stereocenters. The molecule has 0 spiro atoms. The van der Waals surface area contributed by atoms with Gasteiger partial charge in [0.25, 0.3) is 0 Å². The Morgan fingerprint density at radius 3 is 1.68 bits per heavy atom. The van der Waals surface area contributed by atoms with Gasteiger partial charge in [-0.15, -0.1) is 12.4 Å². The van der Waals surface area contributed by atoms with Crippen molar-refractivity contribution in [2.45, 2.75) is 67.5 Å². The second-order valence-electron chi connectivity index (χ2n) is 6.53. The van der Waals surface area contributed by atoms with Crippen LogP contribution in [0.2, 0.25) is 0 Å². The summed E-state index contributed by atoms with van der Waals surface area (Å²) in [5.74, 6) is -2.39. The molecule has 2 rings (SSSR count). The van der Waals surface area contributed by atoms with Crippen LogP contribution < -0.4 is 11.1 Å². The third-order valence-electron chi connectivity index (χ3n) is 4.40. The monoisotopic (exact) mass is 490 g/mol. The Morgan fingerprint density at radius 1 is 0.839 bits per heavy atom. The van der Waals surface area contributed by atoms with Gasteiger partial charge in [0.1, 0.15) is 42.7 Å². The molecule has 2 aliphatic rings. The van der Waals surface area contributed by atoms with Gasteiger partial charge in [-0.05, 0) is 0 Å². The molecule has 0 aromatic carbocycles. The average Bonchev–Trinajstić information content (AvgIpc) is 2.68. The molecule has 0 aliphatic carbocycles. The van der Waals surface area contributed by atoms with E-state index < -0.39 is 86.6 Å². The van der Waals surface area contributed by atoms with E-state index in [4.69, 9.17) is 25.8 Å². The highest BCUT2D eigenvalue weighted by Gasteiger charge is 2.48. The number of aliphatic hydroxyl groups is 8. The minimum atomic E-state index is -5.20. The summed E-state index contributed by atoms with van der Waals surface area (Å²) in [7, 11) is 0. The quantitative estimate of drug-likeness (QED) is 0.178. The van der Waals surface area contributed by atoms with Crippen LogP contribution in [0.1, 0.15) is 0 Å². The van der Waals surface area contributed by atoms with Gasteiger partial charge in [0.15, 0.2) is 12.6 Å². The molecule has 2 aliphatic heterocycles. The summed E-state index contributed by atoms with van der Waals surface area (Å²) in [5, 5.41) is 74.2. The highest BCUT2D eigenvalue weighted by Crippen LogP contribution is 2.22. The maximum atomic E-state index is 12.0. The molecule has 11 N–H and O–H groups in total. The Labute approximate surface area is 179 Å². The second kappa shape index (κ2) is 12.4. The van der Waals surface area contributed by atoms with E-state index in [-0.39, 0.29) is 12.4 Å². The summed E-state index contributed by atoms with van der Waals surface area (Å²) in [4.78, 5) is 10.6. The molecule has 0 aromatic heterocycles. The maximum Gasteiger partial charge on any atom is 0.471 e. The number of rotatable bonds is 3. The molecule has 2 heterocycles. The molecule has 0 saturated carbocycles. The van der Waals surface area contributed by atoms with Gasteiger partial charge < -0.3 is 61.4 Å². The van der Waals surface area contributed by atoms with Gasteiger partial charge in [-0.25, -0.2) is 0 Å². The van der Waals surface area contributed by atoms with Crippen LogP contribution in [-0.2, 0) is 14.3 Å². The first kappa shape index (κ1) is 30.1. The van der Waals surface area contributed by atoms with Crippen molar-refractivity contribution >= 4 is 18.3 Å². The molecule has 0 aromatic rings. The van der Waals surface area contributed by atoms with Crippen molar-refractivity contribution in [1.82, 2.24) is 5.32 Å². The number of carbonyl (C=O) groups is 1. The molecule has 10 atom stereocenters. The number of hydrogen-bond acceptors (Lipinski definition) is 12. The van der Waals surface area contributed by atoms with Crippen LogP contribution in [0.3, 0.4) is 0 Å². The van der Waals surface area contributed by atoms with Crippen molar-refractivity contribution in [2.24, 2.45) is 5.73 Å². The van der Waals surface area contributed by atoms with Gasteiger partial charge >= 0.3 is 12.1 Å². The van der Waals surface area contributed by atoms with Crippen molar-refractivity contribution in [3.8, 4) is 0 Å². The van der Waals surface area contributed by atoms with Gasteiger partial charge in [0, 0.05) is 0 Å². The van der Waals surface area contributed by atoms with E-state index in [1.807, 2.05) is 0 Å². The van der Waals surface area contributed by atoms with Crippen molar-refractivity contribution in [3.63, 3.8) is 0 Å². The summed E-state index contributed by atoms with van der Waals surface area (Å²) >= 11 is 0. The van der Waals surface area contributed by atoms with Crippen LogP contribution in [0.25, 0.3) is 0 Å². The van der Waals surface area contributed by atoms with Crippen LogP contribution in [0, 0.1) is 0 Å². The van der Waals surface area contributed by atoms with Crippen LogP contribution in [0.4, 0.5) is 13.2 Å². The van der Waals surface area contributed by atoms with Crippen LogP contribution in [0.15, 0.2) is 0 Å². The fourth-order valence-electron chi connectivity index (χ4n) is 2.60. The highest BCUT2D eigenvalue weighted by atomic mass is 35.5. The van der Waals surface area contributed by atoms with Crippen molar-refractivity contribution in [3.05, 3.63) is 0 Å². The Hall–Kier alpha value is -0.890. The molecule has 0 radical (unpaired) electrons. The Bertz CT molecular complexity index is 559. The first-order valence-corrected chi connectivity index (χ1v) is 8.50. The summed E-state index contributed by atoms with van der Waals surface area (Å²) in [6.07, 6.45) is -17.0. The summed E-state index contributed by atoms with van der Waals surface area (Å²) < 4.78 is 45.2. The van der Waals surface area contributed by atoms with Gasteiger partial charge in [0.2, 0.25) is 0 Å². The number of alkyl halides is 3. The Kier molecular flexibility index (Phi) is 12.0. The molecule has 2 fully saturated rings. The summed E-state index contributed by atoms with van der Waals surface area (Å²) in [5.41, 5.74) is 5.26. The van der Waals surface area contributed by atoms with Gasteiger partial charge in [0.05, 0.1) is 19.3 Å². The van der Waals surface area contributed by atoms with Crippen molar-refractivity contribution in [1.29, 1.82) is 0 Å². The van der Waals surface area contributed by atoms with Gasteiger partial charge in [-0.3, -0.25) is 4.79 Å². The minimum absolute atomic E-state index is 0. The van der Waals surface area contributed by atoms with Crippen LogP contribution >= 0.6 is 12.4 Å². The number of amides is 1. The lowest BCUT2D eigenvalue weighted by molar-refractivity contribution is -0.256. The molecule has 13 nitrogen and oxygen atoms in total. The number of nitrogens with two attached hydrogens (primary N) is 1. The molecular weight excluding hydrogens is 465 g/mol. The summed E-state index contributed by atoms with van der Waals surface area (Å²) in [6, 6.07) is -2.89. The molecular formula is C14H26ClF3N2O11. The first-order chi connectivity index (χ1) is 13.8. The number of hydrogen-bond donors (Lipinski definition) is 10. The van der Waals surface area contributed by atoms with E-state index in [0.717, 1.165) is 0 Å². The lowest BCUT2D eigenvalue weighted by atomic mass is 9.97. The lowest BCUT2D eigenvalue weighted by Crippen LogP contribution is -2.65. The zero-order valence-corrected chi connectivity index (χ0v) is 16.4. The maximum absolute atomic E-state index is 12.0. The summed E-state index contributed by atoms with van der Waals surface area (Å²) in [6.45, 7) is -1.22. The number of ether oxygens (including phenoxy) is 2. The molecule has 1 amide bonds. The zero-order valence-electron chi connectivity index (χ0n) is 15.6. The van der Waals surface area contributed by atoms with Gasteiger partial charge in [-0.2, -0.15) is 13.2 Å². The van der Waals surface area contributed by atoms with E-state index >= 15 is 0 Å². The number of nitrogens with one attached hydrogen (secondary N) is 1. The third kappa shape index (κ3) is 7.58. The molecule has 2 saturated heterocycles. The van der Waals surface area contributed by atoms with E-state index in [9.17, 15) is 43.5 Å². The number of aliphatic hydroxyl groups excluding tert-OH is 8. The first-order valence-electron chi connectivity index (χ1n) is 8.50. The van der Waals surface area contributed by atoms with E-state index in [2.05, 4.69) is 4.74 Å². The van der Waals surface area contributed by atoms with E-state index in [1.165, 1.54) is 5.32 Å². The zero-order chi connectivity index (χ0) is 23.4. The number of carbonyl (C=O) groups excluding carboxylic acids is 1. The van der Waals surface area contributed by atoms with Crippen molar-refractivity contribution < 1.29 is 68.3 Å². The fourth-order valence-corrected chi connectivity index (χ4v) is 2.60. The molecule has 186 valence electrons.